The Kier molecular flexibility index (Phi) is 6.63. The van der Waals surface area contributed by atoms with Crippen LogP contribution in [0.5, 0.6) is 17.2 Å². The Labute approximate surface area is 195 Å². The van der Waals surface area contributed by atoms with E-state index in [0.717, 1.165) is 0 Å². The zero-order valence-corrected chi connectivity index (χ0v) is 18.9. The highest BCUT2D eigenvalue weighted by Crippen LogP contribution is 2.29. The molecule has 0 saturated carbocycles. The van der Waals surface area contributed by atoms with Gasteiger partial charge in [-0.25, -0.2) is 4.98 Å². The SMILES string of the molecule is COc1ccccc1NC(=O)COc1ccc(C(=O)Nc2ccc3oc(C)nc3c2)cc1OC. The smallest absolute Gasteiger partial charge is 0.262 e. The zero-order chi connectivity index (χ0) is 24.1. The summed E-state index contributed by atoms with van der Waals surface area (Å²) in [6.07, 6.45) is 0. The van der Waals surface area contributed by atoms with Gasteiger partial charge in [-0.15, -0.1) is 0 Å². The topological polar surface area (TPSA) is 112 Å². The molecule has 34 heavy (non-hydrogen) atoms. The number of aryl methyl sites for hydroxylation is 1. The second-order valence-corrected chi connectivity index (χ2v) is 7.27. The number of hydrogen-bond donors (Lipinski definition) is 2. The van der Waals surface area contributed by atoms with Crippen LogP contribution in [-0.2, 0) is 4.79 Å². The van der Waals surface area contributed by atoms with E-state index in [4.69, 9.17) is 18.6 Å². The predicted molar refractivity (Wildman–Crippen MR) is 127 cm³/mol. The van der Waals surface area contributed by atoms with E-state index >= 15 is 0 Å². The summed E-state index contributed by atoms with van der Waals surface area (Å²) in [5.74, 6) is 1.04. The third-order valence-electron chi connectivity index (χ3n) is 4.92. The number of oxazole rings is 1. The molecule has 0 radical (unpaired) electrons. The molecule has 3 aromatic carbocycles. The summed E-state index contributed by atoms with van der Waals surface area (Å²) in [6.45, 7) is 1.51. The molecule has 174 valence electrons. The van der Waals surface area contributed by atoms with Gasteiger partial charge in [-0.1, -0.05) is 12.1 Å². The maximum absolute atomic E-state index is 12.7. The molecule has 0 spiro atoms. The number of ether oxygens (including phenoxy) is 3. The molecule has 0 aliphatic heterocycles. The lowest BCUT2D eigenvalue weighted by Crippen LogP contribution is -2.20. The molecule has 2 amide bonds. The van der Waals surface area contributed by atoms with Crippen LogP contribution in [0.3, 0.4) is 0 Å². The number of anilines is 2. The number of methoxy groups -OCH3 is 2. The number of carbonyl (C=O) groups excluding carboxylic acids is 2. The maximum Gasteiger partial charge on any atom is 0.262 e. The highest BCUT2D eigenvalue weighted by Gasteiger charge is 2.14. The second-order valence-electron chi connectivity index (χ2n) is 7.27. The van der Waals surface area contributed by atoms with Crippen LogP contribution in [0.2, 0.25) is 0 Å². The van der Waals surface area contributed by atoms with E-state index in [0.29, 0.717) is 51.2 Å². The molecule has 0 aliphatic rings. The molecule has 0 saturated heterocycles. The molecular weight excluding hydrogens is 438 g/mol. The highest BCUT2D eigenvalue weighted by atomic mass is 16.5. The number of nitrogens with one attached hydrogen (secondary N) is 2. The first-order valence-electron chi connectivity index (χ1n) is 10.4. The Morgan fingerprint density at radius 2 is 1.71 bits per heavy atom. The Morgan fingerprint density at radius 3 is 2.50 bits per heavy atom. The van der Waals surface area contributed by atoms with E-state index < -0.39 is 0 Å². The molecule has 0 aliphatic carbocycles. The molecule has 0 bridgehead atoms. The van der Waals surface area contributed by atoms with Crippen molar-refractivity contribution in [3.63, 3.8) is 0 Å². The molecule has 1 heterocycles. The molecule has 0 unspecified atom stereocenters. The summed E-state index contributed by atoms with van der Waals surface area (Å²) in [5, 5.41) is 5.56. The van der Waals surface area contributed by atoms with Gasteiger partial charge in [0.1, 0.15) is 11.3 Å². The van der Waals surface area contributed by atoms with E-state index in [1.807, 2.05) is 0 Å². The van der Waals surface area contributed by atoms with Crippen LogP contribution in [0.25, 0.3) is 11.1 Å². The first-order chi connectivity index (χ1) is 16.5. The molecule has 0 atom stereocenters. The van der Waals surface area contributed by atoms with Crippen molar-refractivity contribution in [1.29, 1.82) is 0 Å². The normalized spacial score (nSPS) is 10.6. The van der Waals surface area contributed by atoms with Crippen LogP contribution >= 0.6 is 0 Å². The third-order valence-corrected chi connectivity index (χ3v) is 4.92. The summed E-state index contributed by atoms with van der Waals surface area (Å²) >= 11 is 0. The van der Waals surface area contributed by atoms with Crippen LogP contribution in [0.4, 0.5) is 11.4 Å². The van der Waals surface area contributed by atoms with E-state index in [2.05, 4.69) is 15.6 Å². The average molecular weight is 461 g/mol. The number of aromatic nitrogens is 1. The fourth-order valence-electron chi connectivity index (χ4n) is 3.33. The number of rotatable bonds is 8. The van der Waals surface area contributed by atoms with Crippen molar-refractivity contribution in [2.24, 2.45) is 0 Å². The Bertz CT molecular complexity index is 1350. The summed E-state index contributed by atoms with van der Waals surface area (Å²) < 4.78 is 21.6. The zero-order valence-electron chi connectivity index (χ0n) is 18.9. The van der Waals surface area contributed by atoms with Gasteiger partial charge in [0.2, 0.25) is 0 Å². The minimum absolute atomic E-state index is 0.253. The first kappa shape index (κ1) is 22.7. The van der Waals surface area contributed by atoms with E-state index in [-0.39, 0.29) is 18.4 Å². The second kappa shape index (κ2) is 9.95. The molecule has 2 N–H and O–H groups in total. The number of amides is 2. The van der Waals surface area contributed by atoms with E-state index in [1.165, 1.54) is 14.2 Å². The molecule has 1 aromatic heterocycles. The maximum atomic E-state index is 12.7. The van der Waals surface area contributed by atoms with Gasteiger partial charge >= 0.3 is 0 Å². The van der Waals surface area contributed by atoms with Gasteiger partial charge in [0.25, 0.3) is 11.8 Å². The van der Waals surface area contributed by atoms with E-state index in [9.17, 15) is 9.59 Å². The third kappa shape index (κ3) is 5.09. The minimum Gasteiger partial charge on any atom is -0.495 e. The van der Waals surface area contributed by atoms with Crippen molar-refractivity contribution >= 4 is 34.3 Å². The quantitative estimate of drug-likeness (QED) is 0.399. The fourth-order valence-corrected chi connectivity index (χ4v) is 3.33. The molecule has 9 heteroatoms. The van der Waals surface area contributed by atoms with Crippen LogP contribution in [0.1, 0.15) is 16.2 Å². The van der Waals surface area contributed by atoms with Gasteiger partial charge in [0, 0.05) is 18.2 Å². The standard InChI is InChI=1S/C25H23N3O6/c1-15-26-19-13-17(9-11-21(19)34-15)27-25(30)16-8-10-22(23(12-16)32-3)33-14-24(29)28-18-6-4-5-7-20(18)31-2/h4-13H,14H2,1-3H3,(H,27,30)(H,28,29). The Hall–Kier alpha value is -4.53. The number of fused-ring (bicyclic) bond motifs is 1. The summed E-state index contributed by atoms with van der Waals surface area (Å²) in [7, 11) is 2.98. The number of hydrogen-bond acceptors (Lipinski definition) is 7. The van der Waals surface area contributed by atoms with Crippen LogP contribution in [0, 0.1) is 6.92 Å². The Balaban J connectivity index is 1.41. The number of para-hydroxylation sites is 2. The minimum atomic E-state index is -0.369. The molecule has 4 rings (SSSR count). The van der Waals surface area contributed by atoms with Gasteiger partial charge in [-0.3, -0.25) is 9.59 Å². The number of benzene rings is 3. The Morgan fingerprint density at radius 1 is 0.912 bits per heavy atom. The predicted octanol–water partition coefficient (Wildman–Crippen LogP) is 4.42. The fraction of sp³-hybridized carbons (Fsp3) is 0.160. The lowest BCUT2D eigenvalue weighted by atomic mass is 10.1. The molecular formula is C25H23N3O6. The van der Waals surface area contributed by atoms with Crippen molar-refractivity contribution in [2.75, 3.05) is 31.5 Å². The summed E-state index contributed by atoms with van der Waals surface area (Å²) in [4.78, 5) is 29.3. The number of carbonyl (C=O) groups is 2. The van der Waals surface area contributed by atoms with Crippen LogP contribution < -0.4 is 24.8 Å². The first-order valence-corrected chi connectivity index (χ1v) is 10.4. The number of nitrogens with zero attached hydrogens (tertiary/aromatic N) is 1. The van der Waals surface area contributed by atoms with Gasteiger partial charge in [-0.2, -0.15) is 0 Å². The van der Waals surface area contributed by atoms with Gasteiger partial charge in [0.05, 0.1) is 19.9 Å². The molecule has 9 nitrogen and oxygen atoms in total. The molecule has 4 aromatic rings. The van der Waals surface area contributed by atoms with Crippen molar-refractivity contribution < 1.29 is 28.2 Å². The largest absolute Gasteiger partial charge is 0.495 e. The summed E-state index contributed by atoms with van der Waals surface area (Å²) in [6, 6.07) is 17.0. The van der Waals surface area contributed by atoms with Crippen LogP contribution in [0.15, 0.2) is 65.1 Å². The lowest BCUT2D eigenvalue weighted by molar-refractivity contribution is -0.118. The van der Waals surface area contributed by atoms with Gasteiger partial charge < -0.3 is 29.3 Å². The lowest BCUT2D eigenvalue weighted by Gasteiger charge is -2.13. The van der Waals surface area contributed by atoms with Crippen molar-refractivity contribution in [2.45, 2.75) is 6.92 Å². The van der Waals surface area contributed by atoms with E-state index in [1.54, 1.807) is 67.6 Å². The van der Waals surface area contributed by atoms with Gasteiger partial charge in [0.15, 0.2) is 29.6 Å². The molecule has 0 fully saturated rings. The van der Waals surface area contributed by atoms with Crippen molar-refractivity contribution in [3.05, 3.63) is 72.1 Å². The monoisotopic (exact) mass is 461 g/mol. The van der Waals surface area contributed by atoms with Crippen molar-refractivity contribution in [3.8, 4) is 17.2 Å². The summed E-state index contributed by atoms with van der Waals surface area (Å²) in [5.41, 5.74) is 2.78. The van der Waals surface area contributed by atoms with Crippen molar-refractivity contribution in [1.82, 2.24) is 4.98 Å². The average Bonchev–Trinajstić information content (AvgIpc) is 3.22. The van der Waals surface area contributed by atoms with Gasteiger partial charge in [-0.05, 0) is 48.5 Å². The van der Waals surface area contributed by atoms with Crippen LogP contribution in [-0.4, -0.2) is 37.6 Å². The highest BCUT2D eigenvalue weighted by molar-refractivity contribution is 6.05.